The van der Waals surface area contributed by atoms with Crippen molar-refractivity contribution in [2.45, 2.75) is 13.5 Å². The highest BCUT2D eigenvalue weighted by molar-refractivity contribution is 5.84. The van der Waals surface area contributed by atoms with Gasteiger partial charge in [-0.2, -0.15) is 5.10 Å². The number of benzene rings is 2. The van der Waals surface area contributed by atoms with Crippen molar-refractivity contribution in [3.8, 4) is 11.5 Å². The molecule has 1 heterocycles. The molecule has 8 heteroatoms. The van der Waals surface area contributed by atoms with Crippen molar-refractivity contribution in [1.29, 1.82) is 0 Å². The quantitative estimate of drug-likeness (QED) is 0.520. The second kappa shape index (κ2) is 8.34. The van der Waals surface area contributed by atoms with Crippen molar-refractivity contribution in [2.24, 2.45) is 5.10 Å². The van der Waals surface area contributed by atoms with Crippen LogP contribution in [0.1, 0.15) is 11.3 Å². The van der Waals surface area contributed by atoms with Gasteiger partial charge in [-0.25, -0.2) is 10.4 Å². The fraction of sp³-hybridized carbons (Fsp3) is 0.200. The van der Waals surface area contributed by atoms with E-state index in [1.165, 1.54) is 10.8 Å². The van der Waals surface area contributed by atoms with E-state index in [0.29, 0.717) is 28.2 Å². The Bertz CT molecular complexity index is 1110. The summed E-state index contributed by atoms with van der Waals surface area (Å²) in [6.45, 7) is 1.46. The molecule has 0 spiro atoms. The summed E-state index contributed by atoms with van der Waals surface area (Å²) in [4.78, 5) is 28.9. The van der Waals surface area contributed by atoms with E-state index < -0.39 is 5.91 Å². The highest BCUT2D eigenvalue weighted by Gasteiger charge is 2.11. The van der Waals surface area contributed by atoms with Gasteiger partial charge in [0.15, 0.2) is 11.5 Å². The second-order valence-corrected chi connectivity index (χ2v) is 5.98. The summed E-state index contributed by atoms with van der Waals surface area (Å²) < 4.78 is 11.8. The van der Waals surface area contributed by atoms with Crippen LogP contribution in [0.5, 0.6) is 11.5 Å². The van der Waals surface area contributed by atoms with Crippen molar-refractivity contribution in [3.05, 3.63) is 64.1 Å². The Hall–Kier alpha value is -3.68. The third kappa shape index (κ3) is 4.01. The van der Waals surface area contributed by atoms with Gasteiger partial charge >= 0.3 is 0 Å². The maximum Gasteiger partial charge on any atom is 0.272 e. The van der Waals surface area contributed by atoms with Crippen LogP contribution in [0.25, 0.3) is 11.0 Å². The van der Waals surface area contributed by atoms with Crippen LogP contribution in [-0.2, 0) is 11.3 Å². The first-order valence-corrected chi connectivity index (χ1v) is 8.53. The highest BCUT2D eigenvalue weighted by atomic mass is 16.5. The minimum atomic E-state index is -0.422. The van der Waals surface area contributed by atoms with E-state index in [-0.39, 0.29) is 12.1 Å². The number of ether oxygens (including phenoxy) is 2. The van der Waals surface area contributed by atoms with Crippen LogP contribution in [0, 0.1) is 6.92 Å². The average molecular weight is 380 g/mol. The van der Waals surface area contributed by atoms with Crippen molar-refractivity contribution < 1.29 is 14.3 Å². The van der Waals surface area contributed by atoms with Crippen LogP contribution >= 0.6 is 0 Å². The SMILES string of the molecule is COc1ccc(C=NNC(=O)Cn2c(=O)c(C)nc3ccccc32)cc1OC. The van der Waals surface area contributed by atoms with Crippen LogP contribution in [0.4, 0.5) is 0 Å². The number of amides is 1. The molecule has 3 rings (SSSR count). The molecule has 0 fully saturated rings. The molecule has 144 valence electrons. The number of aromatic nitrogens is 2. The fourth-order valence-corrected chi connectivity index (χ4v) is 2.77. The molecule has 3 aromatic rings. The number of hydrogen-bond acceptors (Lipinski definition) is 6. The molecule has 0 saturated carbocycles. The number of aryl methyl sites for hydroxylation is 1. The molecule has 0 aliphatic heterocycles. The van der Waals surface area contributed by atoms with E-state index in [0.717, 1.165) is 5.56 Å². The molecular formula is C20H20N4O4. The molecule has 1 N–H and O–H groups in total. The Balaban J connectivity index is 1.75. The zero-order valence-corrected chi connectivity index (χ0v) is 15.8. The normalized spacial score (nSPS) is 11.0. The predicted molar refractivity (Wildman–Crippen MR) is 106 cm³/mol. The van der Waals surface area contributed by atoms with Gasteiger partial charge in [0.05, 0.1) is 31.5 Å². The fourth-order valence-electron chi connectivity index (χ4n) is 2.77. The van der Waals surface area contributed by atoms with Gasteiger partial charge < -0.3 is 9.47 Å². The lowest BCUT2D eigenvalue weighted by Gasteiger charge is -2.10. The Morgan fingerprint density at radius 3 is 2.68 bits per heavy atom. The minimum Gasteiger partial charge on any atom is -0.493 e. The van der Waals surface area contributed by atoms with Crippen LogP contribution < -0.4 is 20.5 Å². The van der Waals surface area contributed by atoms with E-state index in [4.69, 9.17) is 9.47 Å². The van der Waals surface area contributed by atoms with Gasteiger partial charge in [-0.15, -0.1) is 0 Å². The first-order valence-electron chi connectivity index (χ1n) is 8.53. The van der Waals surface area contributed by atoms with Gasteiger partial charge in [-0.3, -0.25) is 14.2 Å². The maximum atomic E-state index is 12.4. The lowest BCUT2D eigenvalue weighted by molar-refractivity contribution is -0.121. The standard InChI is InChI=1S/C20H20N4O4/c1-13-20(26)24(16-7-5-4-6-15(16)22-13)12-19(25)23-21-11-14-8-9-17(27-2)18(10-14)28-3/h4-11H,12H2,1-3H3,(H,23,25). The Kier molecular flexibility index (Phi) is 5.69. The molecule has 1 amide bonds. The first kappa shape index (κ1) is 19.1. The predicted octanol–water partition coefficient (Wildman–Crippen LogP) is 1.87. The van der Waals surface area contributed by atoms with E-state index in [1.54, 1.807) is 57.5 Å². The summed E-state index contributed by atoms with van der Waals surface area (Å²) in [5.74, 6) is 0.737. The number of para-hydroxylation sites is 2. The van der Waals surface area contributed by atoms with E-state index in [9.17, 15) is 9.59 Å². The van der Waals surface area contributed by atoms with E-state index in [2.05, 4.69) is 15.5 Å². The summed E-state index contributed by atoms with van der Waals surface area (Å²) in [5.41, 5.74) is 4.43. The van der Waals surface area contributed by atoms with Crippen molar-refractivity contribution in [1.82, 2.24) is 15.0 Å². The van der Waals surface area contributed by atoms with Crippen molar-refractivity contribution in [3.63, 3.8) is 0 Å². The Morgan fingerprint density at radius 1 is 1.18 bits per heavy atom. The molecule has 0 aliphatic carbocycles. The van der Waals surface area contributed by atoms with Crippen LogP contribution in [-0.4, -0.2) is 35.9 Å². The molecule has 0 bridgehead atoms. The molecule has 0 aliphatic rings. The summed E-state index contributed by atoms with van der Waals surface area (Å²) in [7, 11) is 3.09. The van der Waals surface area contributed by atoms with Gasteiger partial charge in [-0.05, 0) is 42.8 Å². The summed E-state index contributed by atoms with van der Waals surface area (Å²) in [6, 6.07) is 12.4. The molecule has 1 aromatic heterocycles. The second-order valence-electron chi connectivity index (χ2n) is 5.98. The monoisotopic (exact) mass is 380 g/mol. The smallest absolute Gasteiger partial charge is 0.272 e. The van der Waals surface area contributed by atoms with E-state index >= 15 is 0 Å². The number of carbonyl (C=O) groups is 1. The maximum absolute atomic E-state index is 12.4. The number of nitrogens with zero attached hydrogens (tertiary/aromatic N) is 3. The molecule has 8 nitrogen and oxygen atoms in total. The zero-order valence-electron chi connectivity index (χ0n) is 15.8. The molecule has 28 heavy (non-hydrogen) atoms. The Morgan fingerprint density at radius 2 is 1.93 bits per heavy atom. The Labute approximate surface area is 161 Å². The van der Waals surface area contributed by atoms with Crippen LogP contribution in [0.15, 0.2) is 52.4 Å². The van der Waals surface area contributed by atoms with Crippen LogP contribution in [0.2, 0.25) is 0 Å². The molecule has 0 atom stereocenters. The van der Waals surface area contributed by atoms with Gasteiger partial charge in [0.25, 0.3) is 11.5 Å². The largest absolute Gasteiger partial charge is 0.493 e. The summed E-state index contributed by atoms with van der Waals surface area (Å²) in [6.07, 6.45) is 1.48. The number of hydrogen-bond donors (Lipinski definition) is 1. The third-order valence-electron chi connectivity index (χ3n) is 4.13. The van der Waals surface area contributed by atoms with Crippen molar-refractivity contribution >= 4 is 23.2 Å². The number of carbonyl (C=O) groups excluding carboxylic acids is 1. The van der Waals surface area contributed by atoms with Gasteiger partial charge in [0, 0.05) is 0 Å². The first-order chi connectivity index (χ1) is 13.5. The lowest BCUT2D eigenvalue weighted by Crippen LogP contribution is -2.31. The van der Waals surface area contributed by atoms with Gasteiger partial charge in [0.1, 0.15) is 12.2 Å². The van der Waals surface area contributed by atoms with Gasteiger partial charge in [0.2, 0.25) is 0 Å². The number of fused-ring (bicyclic) bond motifs is 1. The molecule has 0 unspecified atom stereocenters. The zero-order chi connectivity index (χ0) is 20.1. The highest BCUT2D eigenvalue weighted by Crippen LogP contribution is 2.26. The number of rotatable bonds is 6. The third-order valence-corrected chi connectivity index (χ3v) is 4.13. The van der Waals surface area contributed by atoms with Crippen LogP contribution in [0.3, 0.4) is 0 Å². The number of nitrogens with one attached hydrogen (secondary N) is 1. The number of hydrazone groups is 1. The summed E-state index contributed by atoms with van der Waals surface area (Å²) in [5, 5.41) is 3.95. The number of methoxy groups -OCH3 is 2. The average Bonchev–Trinajstić information content (AvgIpc) is 2.71. The van der Waals surface area contributed by atoms with Crippen molar-refractivity contribution in [2.75, 3.05) is 14.2 Å². The molecule has 0 radical (unpaired) electrons. The summed E-state index contributed by atoms with van der Waals surface area (Å²) >= 11 is 0. The van der Waals surface area contributed by atoms with Gasteiger partial charge in [-0.1, -0.05) is 12.1 Å². The minimum absolute atomic E-state index is 0.161. The lowest BCUT2D eigenvalue weighted by atomic mass is 10.2. The molecular weight excluding hydrogens is 360 g/mol. The molecule has 2 aromatic carbocycles. The molecule has 0 saturated heterocycles. The topological polar surface area (TPSA) is 94.8 Å². The van der Waals surface area contributed by atoms with E-state index in [1.807, 2.05) is 6.07 Å².